The normalized spacial score (nSPS) is 18.1. The highest BCUT2D eigenvalue weighted by molar-refractivity contribution is 5.88. The summed E-state index contributed by atoms with van der Waals surface area (Å²) in [7, 11) is 1.67. The van der Waals surface area contributed by atoms with Crippen molar-refractivity contribution in [2.24, 2.45) is 0 Å². The maximum absolute atomic E-state index is 11.0. The lowest BCUT2D eigenvalue weighted by molar-refractivity contribution is 0.0394. The molecule has 144 valence electrons. The molecule has 0 radical (unpaired) electrons. The summed E-state index contributed by atoms with van der Waals surface area (Å²) in [4.78, 5) is 13.2. The van der Waals surface area contributed by atoms with E-state index in [9.17, 15) is 4.79 Å². The molecule has 3 rings (SSSR count). The summed E-state index contributed by atoms with van der Waals surface area (Å²) < 4.78 is 11.2. The van der Waals surface area contributed by atoms with Gasteiger partial charge in [-0.3, -0.25) is 0 Å². The average molecular weight is 370 g/mol. The number of rotatable bonds is 7. The van der Waals surface area contributed by atoms with Crippen molar-refractivity contribution in [3.63, 3.8) is 0 Å². The van der Waals surface area contributed by atoms with Gasteiger partial charge in [0, 0.05) is 31.4 Å². The highest BCUT2D eigenvalue weighted by Crippen LogP contribution is 2.21. The Bertz CT molecular complexity index is 763. The van der Waals surface area contributed by atoms with Crippen LogP contribution in [0.25, 0.3) is 0 Å². The molecule has 2 unspecified atom stereocenters. The molecule has 1 aliphatic heterocycles. The third-order valence-electron chi connectivity index (χ3n) is 4.86. The first-order valence-corrected chi connectivity index (χ1v) is 9.14. The Morgan fingerprint density at radius 3 is 2.81 bits per heavy atom. The van der Waals surface area contributed by atoms with E-state index in [0.29, 0.717) is 12.2 Å². The zero-order valence-corrected chi connectivity index (χ0v) is 15.7. The molecule has 1 saturated heterocycles. The number of carbonyl (C=O) groups is 1. The third kappa shape index (κ3) is 4.99. The van der Waals surface area contributed by atoms with Gasteiger partial charge in [0.15, 0.2) is 0 Å². The Morgan fingerprint density at radius 1 is 1.33 bits per heavy atom. The minimum atomic E-state index is -0.905. The van der Waals surface area contributed by atoms with Crippen LogP contribution >= 0.6 is 0 Å². The van der Waals surface area contributed by atoms with Gasteiger partial charge < -0.3 is 24.8 Å². The highest BCUT2D eigenvalue weighted by Gasteiger charge is 2.21. The van der Waals surface area contributed by atoms with Gasteiger partial charge in [0.1, 0.15) is 5.75 Å². The number of nitrogens with zero attached hydrogens (tertiary/aromatic N) is 1. The second-order valence-electron chi connectivity index (χ2n) is 6.70. The zero-order valence-electron chi connectivity index (χ0n) is 15.7. The molecule has 1 aliphatic rings. The number of carboxylic acids is 1. The first-order valence-electron chi connectivity index (χ1n) is 9.14. The van der Waals surface area contributed by atoms with E-state index in [1.165, 1.54) is 5.56 Å². The van der Waals surface area contributed by atoms with Crippen molar-refractivity contribution in [1.29, 1.82) is 0 Å². The summed E-state index contributed by atoms with van der Waals surface area (Å²) in [5, 5.41) is 12.6. The minimum Gasteiger partial charge on any atom is -0.497 e. The van der Waals surface area contributed by atoms with Crippen LogP contribution in [0.2, 0.25) is 0 Å². The summed E-state index contributed by atoms with van der Waals surface area (Å²) in [6, 6.07) is 15.2. The van der Waals surface area contributed by atoms with Gasteiger partial charge in [-0.1, -0.05) is 12.1 Å². The zero-order chi connectivity index (χ0) is 19.2. The van der Waals surface area contributed by atoms with Crippen LogP contribution in [0.3, 0.4) is 0 Å². The number of hydrogen-bond donors (Lipinski definition) is 2. The van der Waals surface area contributed by atoms with Crippen LogP contribution in [0.5, 0.6) is 5.75 Å². The largest absolute Gasteiger partial charge is 0.497 e. The van der Waals surface area contributed by atoms with Crippen LogP contribution in [-0.4, -0.2) is 50.5 Å². The molecule has 0 bridgehead atoms. The number of morpholine rings is 1. The Hall–Kier alpha value is -2.57. The molecule has 0 aromatic heterocycles. The molecular weight excluding hydrogens is 344 g/mol. The lowest BCUT2D eigenvalue weighted by atomic mass is 10.1. The Morgan fingerprint density at radius 2 is 2.11 bits per heavy atom. The molecule has 0 aliphatic carbocycles. The molecular formula is C21H26N2O4. The van der Waals surface area contributed by atoms with Gasteiger partial charge in [-0.05, 0) is 48.9 Å². The van der Waals surface area contributed by atoms with Crippen LogP contribution in [0.1, 0.15) is 28.9 Å². The van der Waals surface area contributed by atoms with Gasteiger partial charge in [0.05, 0.1) is 25.4 Å². The van der Waals surface area contributed by atoms with Gasteiger partial charge in [0.2, 0.25) is 0 Å². The van der Waals surface area contributed by atoms with Crippen LogP contribution in [0.15, 0.2) is 48.5 Å². The predicted molar refractivity (Wildman–Crippen MR) is 105 cm³/mol. The number of aromatic carboxylic acids is 1. The molecule has 6 heteroatoms. The number of hydrogen-bond acceptors (Lipinski definition) is 5. The van der Waals surface area contributed by atoms with Crippen molar-refractivity contribution in [1.82, 2.24) is 5.32 Å². The quantitative estimate of drug-likeness (QED) is 0.781. The van der Waals surface area contributed by atoms with Crippen LogP contribution in [-0.2, 0) is 4.74 Å². The van der Waals surface area contributed by atoms with Crippen molar-refractivity contribution in [3.05, 3.63) is 59.7 Å². The Balaban J connectivity index is 1.55. The number of methoxy groups -OCH3 is 1. The number of nitrogens with one attached hydrogen (secondary N) is 1. The molecule has 2 aromatic rings. The Kier molecular flexibility index (Phi) is 6.32. The molecule has 2 atom stereocenters. The van der Waals surface area contributed by atoms with E-state index in [1.54, 1.807) is 19.2 Å². The van der Waals surface area contributed by atoms with Gasteiger partial charge in [0.25, 0.3) is 0 Å². The SMILES string of the molecule is COc1cccc(C(C)NCC2CN(c3ccc(C(=O)O)cc3)CCO2)c1. The van der Waals surface area contributed by atoms with E-state index in [0.717, 1.165) is 31.1 Å². The highest BCUT2D eigenvalue weighted by atomic mass is 16.5. The second kappa shape index (κ2) is 8.88. The number of anilines is 1. The van der Waals surface area contributed by atoms with E-state index in [2.05, 4.69) is 23.2 Å². The number of benzene rings is 2. The van der Waals surface area contributed by atoms with Crippen molar-refractivity contribution in [3.8, 4) is 5.75 Å². The summed E-state index contributed by atoms with van der Waals surface area (Å²) in [5.41, 5.74) is 2.50. The average Bonchev–Trinajstić information content (AvgIpc) is 2.72. The Labute approximate surface area is 159 Å². The first-order chi connectivity index (χ1) is 13.1. The molecule has 2 aromatic carbocycles. The predicted octanol–water partition coefficient (Wildman–Crippen LogP) is 2.95. The molecule has 1 fully saturated rings. The van der Waals surface area contributed by atoms with Gasteiger partial charge in [-0.25, -0.2) is 4.79 Å². The molecule has 0 amide bonds. The van der Waals surface area contributed by atoms with Crippen LogP contribution in [0, 0.1) is 0 Å². The maximum atomic E-state index is 11.0. The monoisotopic (exact) mass is 370 g/mol. The lowest BCUT2D eigenvalue weighted by Gasteiger charge is -2.35. The number of ether oxygens (including phenoxy) is 2. The van der Waals surface area contributed by atoms with Gasteiger partial charge in [-0.2, -0.15) is 0 Å². The lowest BCUT2D eigenvalue weighted by Crippen LogP contribution is -2.47. The van der Waals surface area contributed by atoms with Crippen molar-refractivity contribution in [2.45, 2.75) is 19.1 Å². The second-order valence-corrected chi connectivity index (χ2v) is 6.70. The van der Waals surface area contributed by atoms with Gasteiger partial charge >= 0.3 is 5.97 Å². The van der Waals surface area contributed by atoms with E-state index in [4.69, 9.17) is 14.6 Å². The maximum Gasteiger partial charge on any atom is 0.335 e. The number of carboxylic acid groups (broad SMARTS) is 1. The topological polar surface area (TPSA) is 71.0 Å². The standard InChI is InChI=1S/C21H26N2O4/c1-15(17-4-3-5-19(12-17)26-2)22-13-20-14-23(10-11-27-20)18-8-6-16(7-9-18)21(24)25/h3-9,12,15,20,22H,10-11,13-14H2,1-2H3,(H,24,25). The van der Waals surface area contributed by atoms with Crippen LogP contribution < -0.4 is 15.0 Å². The van der Waals surface area contributed by atoms with Crippen molar-refractivity contribution in [2.75, 3.05) is 38.3 Å². The van der Waals surface area contributed by atoms with Crippen molar-refractivity contribution >= 4 is 11.7 Å². The molecule has 27 heavy (non-hydrogen) atoms. The molecule has 6 nitrogen and oxygen atoms in total. The summed E-state index contributed by atoms with van der Waals surface area (Å²) in [6.45, 7) is 5.08. The van der Waals surface area contributed by atoms with E-state index in [1.807, 2.05) is 30.3 Å². The third-order valence-corrected chi connectivity index (χ3v) is 4.86. The van der Waals surface area contributed by atoms with Gasteiger partial charge in [-0.15, -0.1) is 0 Å². The van der Waals surface area contributed by atoms with Crippen LogP contribution in [0.4, 0.5) is 5.69 Å². The van der Waals surface area contributed by atoms with E-state index in [-0.39, 0.29) is 12.1 Å². The fourth-order valence-corrected chi connectivity index (χ4v) is 3.23. The van der Waals surface area contributed by atoms with E-state index < -0.39 is 5.97 Å². The summed E-state index contributed by atoms with van der Waals surface area (Å²) in [6.07, 6.45) is 0.0750. The molecule has 0 saturated carbocycles. The fraction of sp³-hybridized carbons (Fsp3) is 0.381. The first kappa shape index (κ1) is 19.2. The minimum absolute atomic E-state index is 0.0750. The summed E-state index contributed by atoms with van der Waals surface area (Å²) >= 11 is 0. The molecule has 2 N–H and O–H groups in total. The summed E-state index contributed by atoms with van der Waals surface area (Å²) in [5.74, 6) is -0.0526. The molecule has 1 heterocycles. The van der Waals surface area contributed by atoms with E-state index >= 15 is 0 Å². The smallest absolute Gasteiger partial charge is 0.335 e. The fourth-order valence-electron chi connectivity index (χ4n) is 3.23. The van der Waals surface area contributed by atoms with Crippen molar-refractivity contribution < 1.29 is 19.4 Å². The molecule has 0 spiro atoms.